The SMILES string of the molecule is Cc1ccccc1-c1nc(CNC(=O)CCl)no1. The Morgan fingerprint density at radius 2 is 2.22 bits per heavy atom. The van der Waals surface area contributed by atoms with Crippen LogP contribution >= 0.6 is 11.6 Å². The molecular formula is C12H12ClN3O2. The summed E-state index contributed by atoms with van der Waals surface area (Å²) in [7, 11) is 0. The number of amides is 1. The van der Waals surface area contributed by atoms with Crippen molar-refractivity contribution in [2.75, 3.05) is 5.88 Å². The molecule has 0 aliphatic rings. The van der Waals surface area contributed by atoms with Gasteiger partial charge in [0, 0.05) is 5.56 Å². The second-order valence-corrected chi connectivity index (χ2v) is 4.01. The van der Waals surface area contributed by atoms with Crippen molar-refractivity contribution in [2.24, 2.45) is 0 Å². The normalized spacial score (nSPS) is 10.3. The predicted molar refractivity (Wildman–Crippen MR) is 67.0 cm³/mol. The van der Waals surface area contributed by atoms with Crippen molar-refractivity contribution in [3.8, 4) is 11.5 Å². The van der Waals surface area contributed by atoms with Crippen LogP contribution in [0.3, 0.4) is 0 Å². The molecule has 2 rings (SSSR count). The zero-order valence-corrected chi connectivity index (χ0v) is 10.6. The number of hydrogen-bond acceptors (Lipinski definition) is 4. The van der Waals surface area contributed by atoms with Gasteiger partial charge in [-0.05, 0) is 18.6 Å². The van der Waals surface area contributed by atoms with Gasteiger partial charge >= 0.3 is 0 Å². The Labute approximate surface area is 109 Å². The highest BCUT2D eigenvalue weighted by atomic mass is 35.5. The fourth-order valence-electron chi connectivity index (χ4n) is 1.47. The summed E-state index contributed by atoms with van der Waals surface area (Å²) in [6, 6.07) is 7.72. The molecule has 1 N–H and O–H groups in total. The molecule has 0 saturated heterocycles. The molecule has 5 nitrogen and oxygen atoms in total. The van der Waals surface area contributed by atoms with Crippen LogP contribution in [-0.4, -0.2) is 21.9 Å². The molecule has 18 heavy (non-hydrogen) atoms. The maximum absolute atomic E-state index is 11.0. The zero-order valence-electron chi connectivity index (χ0n) is 9.81. The number of alkyl halides is 1. The first-order valence-corrected chi connectivity index (χ1v) is 5.95. The number of carbonyl (C=O) groups is 1. The van der Waals surface area contributed by atoms with E-state index in [1.54, 1.807) is 0 Å². The average Bonchev–Trinajstić information content (AvgIpc) is 2.85. The van der Waals surface area contributed by atoms with Gasteiger partial charge in [-0.3, -0.25) is 4.79 Å². The zero-order chi connectivity index (χ0) is 13.0. The van der Waals surface area contributed by atoms with Crippen molar-refractivity contribution < 1.29 is 9.32 Å². The number of aryl methyl sites for hydroxylation is 1. The Hall–Kier alpha value is -1.88. The van der Waals surface area contributed by atoms with Gasteiger partial charge in [-0.15, -0.1) is 11.6 Å². The lowest BCUT2D eigenvalue weighted by molar-refractivity contribution is -0.118. The van der Waals surface area contributed by atoms with E-state index in [4.69, 9.17) is 16.1 Å². The molecule has 0 unspecified atom stereocenters. The van der Waals surface area contributed by atoms with Gasteiger partial charge < -0.3 is 9.84 Å². The third-order valence-electron chi connectivity index (χ3n) is 2.41. The van der Waals surface area contributed by atoms with Crippen LogP contribution in [-0.2, 0) is 11.3 Å². The Balaban J connectivity index is 2.11. The maximum atomic E-state index is 11.0. The lowest BCUT2D eigenvalue weighted by atomic mass is 10.1. The topological polar surface area (TPSA) is 68.0 Å². The number of nitrogens with zero attached hydrogens (tertiary/aromatic N) is 2. The van der Waals surface area contributed by atoms with Gasteiger partial charge in [0.1, 0.15) is 5.88 Å². The van der Waals surface area contributed by atoms with Gasteiger partial charge in [0.05, 0.1) is 6.54 Å². The molecule has 0 aliphatic heterocycles. The molecule has 6 heteroatoms. The van der Waals surface area contributed by atoms with Crippen LogP contribution in [0.25, 0.3) is 11.5 Å². The van der Waals surface area contributed by atoms with Crippen LogP contribution < -0.4 is 5.32 Å². The Morgan fingerprint density at radius 1 is 1.44 bits per heavy atom. The van der Waals surface area contributed by atoms with Gasteiger partial charge in [-0.25, -0.2) is 0 Å². The van der Waals surface area contributed by atoms with E-state index >= 15 is 0 Å². The van der Waals surface area contributed by atoms with E-state index in [2.05, 4.69) is 15.5 Å². The molecule has 1 aromatic heterocycles. The molecular weight excluding hydrogens is 254 g/mol. The van der Waals surface area contributed by atoms with Crippen molar-refractivity contribution >= 4 is 17.5 Å². The standard InChI is InChI=1S/C12H12ClN3O2/c1-8-4-2-3-5-9(8)12-15-10(16-18-12)7-14-11(17)6-13/h2-5H,6-7H2,1H3,(H,14,17). The van der Waals surface area contributed by atoms with Crippen LogP contribution in [0.4, 0.5) is 0 Å². The van der Waals surface area contributed by atoms with Crippen molar-refractivity contribution in [2.45, 2.75) is 13.5 Å². The van der Waals surface area contributed by atoms with E-state index in [0.29, 0.717) is 11.7 Å². The Bertz CT molecular complexity index is 554. The molecule has 1 heterocycles. The molecule has 1 aromatic carbocycles. The fraction of sp³-hybridized carbons (Fsp3) is 0.250. The highest BCUT2D eigenvalue weighted by Crippen LogP contribution is 2.20. The first-order chi connectivity index (χ1) is 8.70. The Kier molecular flexibility index (Phi) is 3.94. The van der Waals surface area contributed by atoms with E-state index < -0.39 is 0 Å². The molecule has 0 saturated carbocycles. The summed E-state index contributed by atoms with van der Waals surface area (Å²) in [5.41, 5.74) is 1.94. The highest BCUT2D eigenvalue weighted by molar-refractivity contribution is 6.27. The van der Waals surface area contributed by atoms with Crippen LogP contribution in [0.2, 0.25) is 0 Å². The van der Waals surface area contributed by atoms with Crippen molar-refractivity contribution in [3.05, 3.63) is 35.7 Å². The van der Waals surface area contributed by atoms with Crippen LogP contribution in [0.1, 0.15) is 11.4 Å². The van der Waals surface area contributed by atoms with Crippen LogP contribution in [0, 0.1) is 6.92 Å². The van der Waals surface area contributed by atoms with E-state index in [1.807, 2.05) is 31.2 Å². The van der Waals surface area contributed by atoms with E-state index in [0.717, 1.165) is 11.1 Å². The number of nitrogens with one attached hydrogen (secondary N) is 1. The van der Waals surface area contributed by atoms with Gasteiger partial charge in [0.15, 0.2) is 5.82 Å². The highest BCUT2D eigenvalue weighted by Gasteiger charge is 2.11. The largest absolute Gasteiger partial charge is 0.348 e. The summed E-state index contributed by atoms with van der Waals surface area (Å²) in [6.07, 6.45) is 0. The van der Waals surface area contributed by atoms with Gasteiger partial charge in [0.2, 0.25) is 5.91 Å². The number of aromatic nitrogens is 2. The second-order valence-electron chi connectivity index (χ2n) is 3.74. The first-order valence-electron chi connectivity index (χ1n) is 5.42. The van der Waals surface area contributed by atoms with E-state index in [9.17, 15) is 4.79 Å². The number of hydrogen-bond donors (Lipinski definition) is 1. The predicted octanol–water partition coefficient (Wildman–Crippen LogP) is 1.90. The first kappa shape index (κ1) is 12.6. The van der Waals surface area contributed by atoms with Gasteiger partial charge in [0.25, 0.3) is 5.89 Å². The van der Waals surface area contributed by atoms with Crippen molar-refractivity contribution in [3.63, 3.8) is 0 Å². The quantitative estimate of drug-likeness (QED) is 0.858. The molecule has 0 atom stereocenters. The van der Waals surface area contributed by atoms with Crippen molar-refractivity contribution in [1.82, 2.24) is 15.5 Å². The number of halogens is 1. The Morgan fingerprint density at radius 3 is 2.94 bits per heavy atom. The molecule has 0 fully saturated rings. The molecule has 94 valence electrons. The molecule has 2 aromatic rings. The minimum atomic E-state index is -0.265. The van der Waals surface area contributed by atoms with Crippen molar-refractivity contribution in [1.29, 1.82) is 0 Å². The number of carbonyl (C=O) groups excluding carboxylic acids is 1. The lowest BCUT2D eigenvalue weighted by Gasteiger charge is -1.98. The molecule has 0 bridgehead atoms. The minimum absolute atomic E-state index is 0.0809. The summed E-state index contributed by atoms with van der Waals surface area (Å²) in [5, 5.41) is 6.37. The minimum Gasteiger partial charge on any atom is -0.348 e. The summed E-state index contributed by atoms with van der Waals surface area (Å²) >= 11 is 5.36. The smallest absolute Gasteiger partial charge is 0.258 e. The fourth-order valence-corrected chi connectivity index (χ4v) is 1.57. The van der Waals surface area contributed by atoms with E-state index in [1.165, 1.54) is 0 Å². The monoisotopic (exact) mass is 265 g/mol. The summed E-state index contributed by atoms with van der Waals surface area (Å²) < 4.78 is 5.15. The summed E-state index contributed by atoms with van der Waals surface area (Å²) in [4.78, 5) is 15.2. The van der Waals surface area contributed by atoms with Gasteiger partial charge in [-0.1, -0.05) is 23.4 Å². The second kappa shape index (κ2) is 5.64. The number of benzene rings is 1. The molecule has 0 aliphatic carbocycles. The maximum Gasteiger partial charge on any atom is 0.258 e. The third kappa shape index (κ3) is 2.87. The summed E-state index contributed by atoms with van der Waals surface area (Å²) in [5.74, 6) is 0.525. The number of rotatable bonds is 4. The van der Waals surface area contributed by atoms with E-state index in [-0.39, 0.29) is 18.3 Å². The molecule has 0 radical (unpaired) electrons. The van der Waals surface area contributed by atoms with Gasteiger partial charge in [-0.2, -0.15) is 4.98 Å². The molecule has 1 amide bonds. The van der Waals surface area contributed by atoms with Crippen LogP contribution in [0.5, 0.6) is 0 Å². The lowest BCUT2D eigenvalue weighted by Crippen LogP contribution is -2.24. The van der Waals surface area contributed by atoms with Crippen LogP contribution in [0.15, 0.2) is 28.8 Å². The summed E-state index contributed by atoms with van der Waals surface area (Å²) in [6.45, 7) is 2.18. The molecule has 0 spiro atoms. The average molecular weight is 266 g/mol. The third-order valence-corrected chi connectivity index (χ3v) is 2.65.